The molecule has 2 heterocycles. The van der Waals surface area contributed by atoms with Crippen molar-refractivity contribution in [1.29, 1.82) is 0 Å². The molecule has 2 aromatic rings. The molecule has 0 aromatic heterocycles. The minimum atomic E-state index is -3.60. The number of benzene rings is 2. The average molecular weight is 426 g/mol. The van der Waals surface area contributed by atoms with Gasteiger partial charge in [-0.1, -0.05) is 41.5 Å². The first kappa shape index (κ1) is 20.8. The summed E-state index contributed by atoms with van der Waals surface area (Å²) < 4.78 is 28.2. The second-order valence-electron chi connectivity index (χ2n) is 8.45. The van der Waals surface area contributed by atoms with Crippen molar-refractivity contribution < 1.29 is 13.2 Å². The Kier molecular flexibility index (Phi) is 5.06. The molecule has 1 spiro atoms. The minimum Gasteiger partial charge on any atom is -0.326 e. The van der Waals surface area contributed by atoms with E-state index in [-0.39, 0.29) is 5.91 Å². The van der Waals surface area contributed by atoms with Gasteiger partial charge in [0.1, 0.15) is 11.4 Å². The SMILES string of the molecule is Cc1cccc(C2=NC3(CCN(S(=O)(=O)c4c(C)cc(C)cc4C)CC3)NC2=O)c1. The van der Waals surface area contributed by atoms with Gasteiger partial charge in [0.2, 0.25) is 10.0 Å². The number of rotatable bonds is 3. The normalized spacial score (nSPS) is 19.1. The summed E-state index contributed by atoms with van der Waals surface area (Å²) in [5.74, 6) is -0.192. The van der Waals surface area contributed by atoms with Crippen LogP contribution in [0.5, 0.6) is 0 Å². The summed E-state index contributed by atoms with van der Waals surface area (Å²) in [4.78, 5) is 17.7. The number of piperidine rings is 1. The third-order valence-corrected chi connectivity index (χ3v) is 8.14. The average Bonchev–Trinajstić information content (AvgIpc) is 2.97. The summed E-state index contributed by atoms with van der Waals surface area (Å²) in [6.45, 7) is 8.26. The minimum absolute atomic E-state index is 0.192. The molecule has 7 heteroatoms. The highest BCUT2D eigenvalue weighted by molar-refractivity contribution is 7.89. The first-order chi connectivity index (χ1) is 14.1. The molecule has 0 unspecified atom stereocenters. The molecule has 30 heavy (non-hydrogen) atoms. The van der Waals surface area contributed by atoms with Crippen LogP contribution in [0.4, 0.5) is 0 Å². The van der Waals surface area contributed by atoms with Crippen molar-refractivity contribution in [1.82, 2.24) is 9.62 Å². The van der Waals surface area contributed by atoms with Crippen molar-refractivity contribution in [3.8, 4) is 0 Å². The monoisotopic (exact) mass is 425 g/mol. The quantitative estimate of drug-likeness (QED) is 0.821. The zero-order chi connectivity index (χ0) is 21.7. The van der Waals surface area contributed by atoms with Gasteiger partial charge in [-0.25, -0.2) is 8.42 Å². The van der Waals surface area contributed by atoms with Crippen molar-refractivity contribution in [3.63, 3.8) is 0 Å². The zero-order valence-electron chi connectivity index (χ0n) is 17.8. The van der Waals surface area contributed by atoms with Crippen molar-refractivity contribution in [2.24, 2.45) is 4.99 Å². The topological polar surface area (TPSA) is 78.8 Å². The summed E-state index contributed by atoms with van der Waals surface area (Å²) in [7, 11) is -3.60. The van der Waals surface area contributed by atoms with Gasteiger partial charge in [0, 0.05) is 31.5 Å². The molecule has 0 atom stereocenters. The predicted octanol–water partition coefficient (Wildman–Crippen LogP) is 3.02. The molecule has 2 aromatic carbocycles. The number of hydrogen-bond acceptors (Lipinski definition) is 4. The molecule has 0 radical (unpaired) electrons. The maximum Gasteiger partial charge on any atom is 0.272 e. The largest absolute Gasteiger partial charge is 0.326 e. The van der Waals surface area contributed by atoms with Crippen LogP contribution < -0.4 is 5.32 Å². The highest BCUT2D eigenvalue weighted by atomic mass is 32.2. The molecule has 2 aliphatic rings. The van der Waals surface area contributed by atoms with Gasteiger partial charge in [-0.2, -0.15) is 4.31 Å². The van der Waals surface area contributed by atoms with Crippen molar-refractivity contribution in [3.05, 3.63) is 64.2 Å². The zero-order valence-corrected chi connectivity index (χ0v) is 18.6. The van der Waals surface area contributed by atoms with Gasteiger partial charge < -0.3 is 5.32 Å². The smallest absolute Gasteiger partial charge is 0.272 e. The maximum absolute atomic E-state index is 13.3. The number of aryl methyl sites for hydroxylation is 4. The molecule has 0 bridgehead atoms. The van der Waals surface area contributed by atoms with E-state index in [1.54, 1.807) is 0 Å². The standard InChI is InChI=1S/C23H27N3O3S/c1-15-6-5-7-19(14-15)20-22(27)25-23(24-20)8-10-26(11-9-23)30(28,29)21-17(3)12-16(2)13-18(21)4/h5-7,12-14H,8-11H2,1-4H3,(H,25,27). The Balaban J connectivity index is 1.58. The van der Waals surface area contributed by atoms with Gasteiger partial charge in [0.25, 0.3) is 5.91 Å². The Bertz CT molecular complexity index is 1140. The van der Waals surface area contributed by atoms with E-state index in [1.807, 2.05) is 64.1 Å². The fourth-order valence-electron chi connectivity index (χ4n) is 4.59. The molecule has 1 N–H and O–H groups in total. The van der Waals surface area contributed by atoms with Crippen molar-refractivity contribution in [2.75, 3.05) is 13.1 Å². The highest BCUT2D eigenvalue weighted by Gasteiger charge is 2.44. The first-order valence-corrected chi connectivity index (χ1v) is 11.6. The lowest BCUT2D eigenvalue weighted by molar-refractivity contribution is -0.115. The number of aliphatic imine (C=N–C) groups is 1. The summed E-state index contributed by atoms with van der Waals surface area (Å²) >= 11 is 0. The van der Waals surface area contributed by atoms with Gasteiger partial charge >= 0.3 is 0 Å². The van der Waals surface area contributed by atoms with Crippen LogP contribution in [0.1, 0.15) is 40.7 Å². The number of hydrogen-bond donors (Lipinski definition) is 1. The Morgan fingerprint density at radius 1 is 0.967 bits per heavy atom. The van der Waals surface area contributed by atoms with E-state index in [0.717, 1.165) is 27.8 Å². The number of amides is 1. The summed E-state index contributed by atoms with van der Waals surface area (Å²) in [5, 5.41) is 3.02. The third-order valence-electron chi connectivity index (χ3n) is 5.93. The summed E-state index contributed by atoms with van der Waals surface area (Å²) in [5.41, 5.74) is 4.15. The van der Waals surface area contributed by atoms with Gasteiger partial charge in [-0.05, 0) is 44.9 Å². The van der Waals surface area contributed by atoms with Crippen LogP contribution in [0, 0.1) is 27.7 Å². The predicted molar refractivity (Wildman–Crippen MR) is 117 cm³/mol. The number of carbonyl (C=O) groups excluding carboxylic acids is 1. The molecule has 0 saturated carbocycles. The number of nitrogens with one attached hydrogen (secondary N) is 1. The lowest BCUT2D eigenvalue weighted by Crippen LogP contribution is -2.52. The highest BCUT2D eigenvalue weighted by Crippen LogP contribution is 2.33. The fourth-order valence-corrected chi connectivity index (χ4v) is 6.44. The second kappa shape index (κ2) is 7.32. The second-order valence-corrected chi connectivity index (χ2v) is 10.3. The molecule has 0 aliphatic carbocycles. The number of carbonyl (C=O) groups is 1. The molecule has 1 fully saturated rings. The lowest BCUT2D eigenvalue weighted by atomic mass is 10.00. The van der Waals surface area contributed by atoms with Gasteiger partial charge in [-0.15, -0.1) is 0 Å². The van der Waals surface area contributed by atoms with Gasteiger partial charge in [-0.3, -0.25) is 9.79 Å². The van der Waals surface area contributed by atoms with E-state index in [1.165, 1.54) is 4.31 Å². The van der Waals surface area contributed by atoms with Gasteiger partial charge in [0.05, 0.1) is 4.90 Å². The van der Waals surface area contributed by atoms with Crippen LogP contribution >= 0.6 is 0 Å². The van der Waals surface area contributed by atoms with Gasteiger partial charge in [0.15, 0.2) is 0 Å². The van der Waals surface area contributed by atoms with Crippen molar-refractivity contribution in [2.45, 2.75) is 51.1 Å². The summed E-state index contributed by atoms with van der Waals surface area (Å²) in [6, 6.07) is 11.5. The first-order valence-electron chi connectivity index (χ1n) is 10.2. The third kappa shape index (κ3) is 3.56. The van der Waals surface area contributed by atoms with E-state index in [0.29, 0.717) is 36.5 Å². The van der Waals surface area contributed by atoms with Crippen LogP contribution in [0.25, 0.3) is 0 Å². The Morgan fingerprint density at radius 2 is 1.60 bits per heavy atom. The Hall–Kier alpha value is -2.51. The lowest BCUT2D eigenvalue weighted by Gasteiger charge is -2.36. The molecule has 4 rings (SSSR count). The van der Waals surface area contributed by atoms with Crippen LogP contribution in [0.3, 0.4) is 0 Å². The van der Waals surface area contributed by atoms with E-state index in [2.05, 4.69) is 5.32 Å². The number of sulfonamides is 1. The molecule has 2 aliphatic heterocycles. The molecular weight excluding hydrogens is 398 g/mol. The van der Waals surface area contributed by atoms with E-state index >= 15 is 0 Å². The van der Waals surface area contributed by atoms with Crippen LogP contribution in [0.2, 0.25) is 0 Å². The van der Waals surface area contributed by atoms with Crippen LogP contribution in [-0.4, -0.2) is 43.1 Å². The van der Waals surface area contributed by atoms with E-state index in [4.69, 9.17) is 4.99 Å². The van der Waals surface area contributed by atoms with E-state index < -0.39 is 15.7 Å². The molecule has 6 nitrogen and oxygen atoms in total. The van der Waals surface area contributed by atoms with Crippen molar-refractivity contribution >= 4 is 21.6 Å². The molecular formula is C23H27N3O3S. The fraction of sp³-hybridized carbons (Fsp3) is 0.391. The Morgan fingerprint density at radius 3 is 2.20 bits per heavy atom. The van der Waals surface area contributed by atoms with Crippen LogP contribution in [-0.2, 0) is 14.8 Å². The molecule has 1 saturated heterocycles. The number of nitrogens with zero attached hydrogens (tertiary/aromatic N) is 2. The molecule has 1 amide bonds. The Labute approximate surface area is 178 Å². The van der Waals surface area contributed by atoms with E-state index in [9.17, 15) is 13.2 Å². The molecule has 158 valence electrons. The summed E-state index contributed by atoms with van der Waals surface area (Å²) in [6.07, 6.45) is 0.911. The van der Waals surface area contributed by atoms with Crippen LogP contribution in [0.15, 0.2) is 46.3 Å². The maximum atomic E-state index is 13.3.